The predicted molar refractivity (Wildman–Crippen MR) is 88.1 cm³/mol. The molecule has 3 nitrogen and oxygen atoms in total. The number of hydrogen-bond acceptors (Lipinski definition) is 4. The first-order valence-electron chi connectivity index (χ1n) is 6.56. The second-order valence-electron chi connectivity index (χ2n) is 4.46. The molecule has 0 unspecified atom stereocenters. The Hall–Kier alpha value is -2.33. The van der Waals surface area contributed by atoms with Crippen molar-refractivity contribution in [3.05, 3.63) is 53.0 Å². The Bertz CT molecular complexity index is 792. The number of hydrogen-bond donors (Lipinski definition) is 0. The first kappa shape index (κ1) is 13.6. The molecule has 0 aliphatic rings. The molecule has 0 saturated carbocycles. The van der Waals surface area contributed by atoms with Crippen molar-refractivity contribution in [2.75, 3.05) is 14.2 Å². The quantitative estimate of drug-likeness (QED) is 0.711. The van der Waals surface area contributed by atoms with E-state index in [1.807, 2.05) is 54.6 Å². The standard InChI is InChI=1S/C17H15NO2S/c1-19-13-8-9-14-16(11-13)21-17(18-14)10-7-12-5-3-4-6-15(12)20-2/h3-11H,1-2H3/b10-7+. The largest absolute Gasteiger partial charge is 0.497 e. The van der Waals surface area contributed by atoms with E-state index in [0.29, 0.717) is 0 Å². The van der Waals surface area contributed by atoms with Gasteiger partial charge in [-0.1, -0.05) is 18.2 Å². The number of aromatic nitrogens is 1. The summed E-state index contributed by atoms with van der Waals surface area (Å²) in [6, 6.07) is 13.8. The summed E-state index contributed by atoms with van der Waals surface area (Å²) in [5.74, 6) is 1.71. The predicted octanol–water partition coefficient (Wildman–Crippen LogP) is 4.48. The summed E-state index contributed by atoms with van der Waals surface area (Å²) in [5, 5.41) is 0.962. The van der Waals surface area contributed by atoms with E-state index in [-0.39, 0.29) is 0 Å². The highest BCUT2D eigenvalue weighted by atomic mass is 32.1. The Balaban J connectivity index is 1.92. The van der Waals surface area contributed by atoms with Gasteiger partial charge in [0.15, 0.2) is 0 Å². The highest BCUT2D eigenvalue weighted by molar-refractivity contribution is 7.19. The summed E-state index contributed by atoms with van der Waals surface area (Å²) in [7, 11) is 3.35. The van der Waals surface area contributed by atoms with E-state index < -0.39 is 0 Å². The molecule has 0 aliphatic heterocycles. The summed E-state index contributed by atoms with van der Waals surface area (Å²) < 4.78 is 11.7. The molecule has 0 aliphatic carbocycles. The molecular formula is C17H15NO2S. The molecule has 2 aromatic carbocycles. The van der Waals surface area contributed by atoms with Crippen molar-refractivity contribution in [2.45, 2.75) is 0 Å². The zero-order valence-electron chi connectivity index (χ0n) is 11.9. The summed E-state index contributed by atoms with van der Waals surface area (Å²) >= 11 is 1.64. The zero-order chi connectivity index (χ0) is 14.7. The smallest absolute Gasteiger partial charge is 0.126 e. The average molecular weight is 297 g/mol. The number of benzene rings is 2. The molecule has 0 saturated heterocycles. The summed E-state index contributed by atoms with van der Waals surface area (Å²) in [6.45, 7) is 0. The van der Waals surface area contributed by atoms with E-state index in [0.717, 1.165) is 32.3 Å². The maximum atomic E-state index is 5.34. The van der Waals surface area contributed by atoms with Gasteiger partial charge in [0.25, 0.3) is 0 Å². The number of fused-ring (bicyclic) bond motifs is 1. The van der Waals surface area contributed by atoms with Crippen LogP contribution in [0.15, 0.2) is 42.5 Å². The Morgan fingerprint density at radius 3 is 2.67 bits per heavy atom. The highest BCUT2D eigenvalue weighted by Crippen LogP contribution is 2.28. The molecule has 1 heterocycles. The molecule has 0 atom stereocenters. The molecular weight excluding hydrogens is 282 g/mol. The first-order chi connectivity index (χ1) is 10.3. The SMILES string of the molecule is COc1ccc2nc(/C=C/c3ccccc3OC)sc2c1. The maximum Gasteiger partial charge on any atom is 0.126 e. The zero-order valence-corrected chi connectivity index (χ0v) is 12.7. The first-order valence-corrected chi connectivity index (χ1v) is 7.37. The molecule has 106 valence electrons. The number of methoxy groups -OCH3 is 2. The van der Waals surface area contributed by atoms with Gasteiger partial charge < -0.3 is 9.47 Å². The maximum absolute atomic E-state index is 5.34. The second-order valence-corrected chi connectivity index (χ2v) is 5.52. The number of ether oxygens (including phenoxy) is 2. The molecule has 0 radical (unpaired) electrons. The average Bonchev–Trinajstić information content (AvgIpc) is 2.94. The van der Waals surface area contributed by atoms with Crippen LogP contribution in [0.1, 0.15) is 10.6 Å². The lowest BCUT2D eigenvalue weighted by molar-refractivity contribution is 0.414. The van der Waals surface area contributed by atoms with Crippen LogP contribution >= 0.6 is 11.3 Å². The van der Waals surface area contributed by atoms with Gasteiger partial charge in [0.1, 0.15) is 16.5 Å². The molecule has 0 amide bonds. The molecule has 0 spiro atoms. The minimum Gasteiger partial charge on any atom is -0.497 e. The van der Waals surface area contributed by atoms with Gasteiger partial charge in [-0.2, -0.15) is 0 Å². The van der Waals surface area contributed by atoms with Crippen LogP contribution in [0.5, 0.6) is 11.5 Å². The Labute approximate surface area is 127 Å². The van der Waals surface area contributed by atoms with Crippen molar-refractivity contribution in [1.82, 2.24) is 4.98 Å². The lowest BCUT2D eigenvalue weighted by Crippen LogP contribution is -1.85. The van der Waals surface area contributed by atoms with Crippen LogP contribution in [-0.2, 0) is 0 Å². The van der Waals surface area contributed by atoms with E-state index in [4.69, 9.17) is 9.47 Å². The molecule has 3 rings (SSSR count). The molecule has 0 bridgehead atoms. The van der Waals surface area contributed by atoms with Gasteiger partial charge in [-0.3, -0.25) is 0 Å². The van der Waals surface area contributed by atoms with E-state index >= 15 is 0 Å². The highest BCUT2D eigenvalue weighted by Gasteiger charge is 2.03. The summed E-state index contributed by atoms with van der Waals surface area (Å²) in [6.07, 6.45) is 4.03. The van der Waals surface area contributed by atoms with Gasteiger partial charge in [-0.15, -0.1) is 11.3 Å². The normalized spacial score (nSPS) is 11.1. The summed E-state index contributed by atoms with van der Waals surface area (Å²) in [4.78, 5) is 4.59. The van der Waals surface area contributed by atoms with Crippen molar-refractivity contribution < 1.29 is 9.47 Å². The monoisotopic (exact) mass is 297 g/mol. The van der Waals surface area contributed by atoms with Crippen LogP contribution in [-0.4, -0.2) is 19.2 Å². The molecule has 4 heteroatoms. The van der Waals surface area contributed by atoms with E-state index in [2.05, 4.69) is 4.98 Å². The molecule has 0 N–H and O–H groups in total. The second kappa shape index (κ2) is 5.97. The number of thiazole rings is 1. The fourth-order valence-corrected chi connectivity index (χ4v) is 2.98. The van der Waals surface area contributed by atoms with Crippen molar-refractivity contribution in [3.63, 3.8) is 0 Å². The van der Waals surface area contributed by atoms with Crippen molar-refractivity contribution in [2.24, 2.45) is 0 Å². The topological polar surface area (TPSA) is 31.4 Å². The number of nitrogens with zero attached hydrogens (tertiary/aromatic N) is 1. The minimum atomic E-state index is 0.853. The number of para-hydroxylation sites is 1. The Kier molecular flexibility index (Phi) is 3.88. The summed E-state index contributed by atoms with van der Waals surface area (Å²) in [5.41, 5.74) is 2.03. The van der Waals surface area contributed by atoms with Crippen LogP contribution in [0.3, 0.4) is 0 Å². The van der Waals surface area contributed by atoms with Gasteiger partial charge in [0.2, 0.25) is 0 Å². The van der Waals surface area contributed by atoms with E-state index in [1.54, 1.807) is 25.6 Å². The van der Waals surface area contributed by atoms with Crippen LogP contribution < -0.4 is 9.47 Å². The van der Waals surface area contributed by atoms with Gasteiger partial charge >= 0.3 is 0 Å². The van der Waals surface area contributed by atoms with Gasteiger partial charge in [0.05, 0.1) is 24.4 Å². The third-order valence-electron chi connectivity index (χ3n) is 3.16. The fraction of sp³-hybridized carbons (Fsp3) is 0.118. The Morgan fingerprint density at radius 1 is 1.00 bits per heavy atom. The third-order valence-corrected chi connectivity index (χ3v) is 4.14. The lowest BCUT2D eigenvalue weighted by atomic mass is 10.2. The molecule has 3 aromatic rings. The minimum absolute atomic E-state index is 0.853. The van der Waals surface area contributed by atoms with E-state index in [9.17, 15) is 0 Å². The van der Waals surface area contributed by atoms with Crippen LogP contribution in [0, 0.1) is 0 Å². The van der Waals surface area contributed by atoms with Crippen LogP contribution in [0.4, 0.5) is 0 Å². The van der Waals surface area contributed by atoms with Crippen molar-refractivity contribution >= 4 is 33.7 Å². The van der Waals surface area contributed by atoms with Gasteiger partial charge in [-0.05, 0) is 36.4 Å². The van der Waals surface area contributed by atoms with Crippen LogP contribution in [0.25, 0.3) is 22.4 Å². The van der Waals surface area contributed by atoms with Gasteiger partial charge in [-0.25, -0.2) is 4.98 Å². The molecule has 21 heavy (non-hydrogen) atoms. The van der Waals surface area contributed by atoms with Crippen molar-refractivity contribution in [1.29, 1.82) is 0 Å². The fourth-order valence-electron chi connectivity index (χ4n) is 2.09. The van der Waals surface area contributed by atoms with Crippen LogP contribution in [0.2, 0.25) is 0 Å². The lowest BCUT2D eigenvalue weighted by Gasteiger charge is -2.02. The molecule has 0 fully saturated rings. The van der Waals surface area contributed by atoms with E-state index in [1.165, 1.54) is 0 Å². The molecule has 1 aromatic heterocycles. The Morgan fingerprint density at radius 2 is 1.86 bits per heavy atom. The third kappa shape index (κ3) is 2.90. The van der Waals surface area contributed by atoms with Crippen molar-refractivity contribution in [3.8, 4) is 11.5 Å². The van der Waals surface area contributed by atoms with Gasteiger partial charge in [0, 0.05) is 5.56 Å². The number of rotatable bonds is 4.